The number of ether oxygens (including phenoxy) is 1. The number of hydrogen-bond donors (Lipinski definition) is 3. The van der Waals surface area contributed by atoms with Gasteiger partial charge in [-0.05, 0) is 60.4 Å². The van der Waals surface area contributed by atoms with Crippen LogP contribution in [0.5, 0.6) is 5.75 Å². The van der Waals surface area contributed by atoms with Crippen LogP contribution >= 0.6 is 23.4 Å². The van der Waals surface area contributed by atoms with Crippen LogP contribution in [0.15, 0.2) is 77.7 Å². The number of carbonyl (C=O) groups excluding carboxylic acids is 2. The second-order valence-corrected chi connectivity index (χ2v) is 8.22. The summed E-state index contributed by atoms with van der Waals surface area (Å²) >= 11 is 7.61. The van der Waals surface area contributed by atoms with Crippen molar-refractivity contribution < 1.29 is 24.2 Å². The molecule has 33 heavy (non-hydrogen) atoms. The van der Waals surface area contributed by atoms with E-state index in [0.29, 0.717) is 17.0 Å². The molecule has 0 aliphatic carbocycles. The largest absolute Gasteiger partial charge is 0.480 e. The molecule has 0 aromatic heterocycles. The van der Waals surface area contributed by atoms with Gasteiger partial charge < -0.3 is 15.2 Å². The van der Waals surface area contributed by atoms with Crippen molar-refractivity contribution in [1.29, 1.82) is 0 Å². The number of hydrogen-bond acceptors (Lipinski definition) is 5. The van der Waals surface area contributed by atoms with Gasteiger partial charge in [0.05, 0.1) is 10.6 Å². The number of thioether (sulfide) groups is 1. The highest BCUT2D eigenvalue weighted by Gasteiger charge is 2.22. The van der Waals surface area contributed by atoms with Crippen LogP contribution in [0.1, 0.15) is 15.9 Å². The van der Waals surface area contributed by atoms with Crippen LogP contribution in [0.2, 0.25) is 5.02 Å². The van der Waals surface area contributed by atoms with Crippen molar-refractivity contribution in [1.82, 2.24) is 5.32 Å². The SMILES string of the molecule is CSc1ccc(NC(=O)Oc2ccc(C[C@H](NC(=O)c3ccccc3Cl)C(=O)O)cc2)cc1. The van der Waals surface area contributed by atoms with E-state index in [-0.39, 0.29) is 17.0 Å². The van der Waals surface area contributed by atoms with Crippen LogP contribution in [0.4, 0.5) is 10.5 Å². The maximum atomic E-state index is 12.4. The van der Waals surface area contributed by atoms with Crippen LogP contribution in [-0.2, 0) is 11.2 Å². The van der Waals surface area contributed by atoms with Crippen molar-refractivity contribution in [2.24, 2.45) is 0 Å². The zero-order valence-electron chi connectivity index (χ0n) is 17.6. The van der Waals surface area contributed by atoms with Crippen molar-refractivity contribution in [3.8, 4) is 5.75 Å². The number of amides is 2. The molecule has 0 spiro atoms. The van der Waals surface area contributed by atoms with Crippen LogP contribution in [-0.4, -0.2) is 35.4 Å². The van der Waals surface area contributed by atoms with Gasteiger partial charge in [0.2, 0.25) is 0 Å². The molecule has 7 nitrogen and oxygen atoms in total. The molecule has 0 unspecified atom stereocenters. The van der Waals surface area contributed by atoms with E-state index < -0.39 is 24.0 Å². The first-order valence-electron chi connectivity index (χ1n) is 9.85. The summed E-state index contributed by atoms with van der Waals surface area (Å²) in [5.41, 5.74) is 1.44. The van der Waals surface area contributed by atoms with E-state index in [1.54, 1.807) is 66.4 Å². The number of carboxylic acid groups (broad SMARTS) is 1. The van der Waals surface area contributed by atoms with E-state index in [1.807, 2.05) is 18.4 Å². The monoisotopic (exact) mass is 484 g/mol. The van der Waals surface area contributed by atoms with E-state index in [9.17, 15) is 19.5 Å². The third kappa shape index (κ3) is 7.00. The number of anilines is 1. The second kappa shape index (κ2) is 11.4. The minimum absolute atomic E-state index is 0.0415. The molecule has 0 fully saturated rings. The number of nitrogens with one attached hydrogen (secondary N) is 2. The fraction of sp³-hybridized carbons (Fsp3) is 0.125. The summed E-state index contributed by atoms with van der Waals surface area (Å²) in [6, 6.07) is 18.9. The molecule has 2 amide bonds. The molecule has 3 aromatic rings. The first-order chi connectivity index (χ1) is 15.9. The Kier molecular flexibility index (Phi) is 8.34. The molecule has 170 valence electrons. The van der Waals surface area contributed by atoms with Gasteiger partial charge in [-0.1, -0.05) is 35.9 Å². The second-order valence-electron chi connectivity index (χ2n) is 6.94. The quantitative estimate of drug-likeness (QED) is 0.384. The first-order valence-corrected chi connectivity index (χ1v) is 11.5. The molecule has 0 saturated heterocycles. The molecule has 3 aromatic carbocycles. The van der Waals surface area contributed by atoms with Gasteiger partial charge in [-0.15, -0.1) is 11.8 Å². The minimum Gasteiger partial charge on any atom is -0.480 e. The van der Waals surface area contributed by atoms with Gasteiger partial charge in [0.25, 0.3) is 5.91 Å². The lowest BCUT2D eigenvalue weighted by Crippen LogP contribution is -2.42. The Morgan fingerprint density at radius 1 is 1.00 bits per heavy atom. The minimum atomic E-state index is -1.18. The highest BCUT2D eigenvalue weighted by molar-refractivity contribution is 7.98. The molecule has 1 atom stereocenters. The van der Waals surface area contributed by atoms with E-state index in [1.165, 1.54) is 6.07 Å². The topological polar surface area (TPSA) is 105 Å². The molecular formula is C24H21ClN2O5S. The normalized spacial score (nSPS) is 11.3. The van der Waals surface area contributed by atoms with Crippen molar-refractivity contribution >= 4 is 47.0 Å². The average molecular weight is 485 g/mol. The molecule has 3 rings (SSSR count). The molecule has 3 N–H and O–H groups in total. The standard InChI is InChI=1S/C24H21ClN2O5S/c1-33-18-12-8-16(9-13-18)26-24(31)32-17-10-6-15(7-11-17)14-21(23(29)30)27-22(28)19-4-2-3-5-20(19)25/h2-13,21H,14H2,1H3,(H,26,31)(H,27,28)(H,29,30)/t21-/m0/s1. The lowest BCUT2D eigenvalue weighted by molar-refractivity contribution is -0.139. The third-order valence-corrected chi connectivity index (χ3v) is 5.71. The average Bonchev–Trinajstić information content (AvgIpc) is 2.80. The number of aliphatic carboxylic acids is 1. The van der Waals surface area contributed by atoms with Gasteiger partial charge in [-0.25, -0.2) is 9.59 Å². The van der Waals surface area contributed by atoms with Crippen molar-refractivity contribution in [3.05, 3.63) is 88.9 Å². The molecule has 0 aliphatic rings. The molecule has 0 saturated carbocycles. The predicted molar refractivity (Wildman–Crippen MR) is 128 cm³/mol. The van der Waals surface area contributed by atoms with Gasteiger partial charge in [-0.3, -0.25) is 10.1 Å². The fourth-order valence-electron chi connectivity index (χ4n) is 2.94. The van der Waals surface area contributed by atoms with E-state index in [0.717, 1.165) is 4.90 Å². The number of carbonyl (C=O) groups is 3. The summed E-state index contributed by atoms with van der Waals surface area (Å²) in [7, 11) is 0. The van der Waals surface area contributed by atoms with Crippen molar-refractivity contribution in [2.45, 2.75) is 17.4 Å². The molecule has 0 radical (unpaired) electrons. The Labute approximate surface area is 200 Å². The zero-order valence-corrected chi connectivity index (χ0v) is 19.2. The maximum Gasteiger partial charge on any atom is 0.417 e. The smallest absolute Gasteiger partial charge is 0.417 e. The summed E-state index contributed by atoms with van der Waals surface area (Å²) in [6.07, 6.45) is 1.36. The highest BCUT2D eigenvalue weighted by Crippen LogP contribution is 2.19. The Morgan fingerprint density at radius 3 is 2.27 bits per heavy atom. The summed E-state index contributed by atoms with van der Waals surface area (Å²) < 4.78 is 5.26. The highest BCUT2D eigenvalue weighted by atomic mass is 35.5. The van der Waals surface area contributed by atoms with Gasteiger partial charge in [0.1, 0.15) is 11.8 Å². The Bertz CT molecular complexity index is 1140. The summed E-state index contributed by atoms with van der Waals surface area (Å²) in [6.45, 7) is 0. The number of halogens is 1. The Balaban J connectivity index is 1.58. The van der Waals surface area contributed by atoms with Crippen LogP contribution < -0.4 is 15.4 Å². The van der Waals surface area contributed by atoms with Gasteiger partial charge in [-0.2, -0.15) is 0 Å². The van der Waals surface area contributed by atoms with Gasteiger partial charge >= 0.3 is 12.1 Å². The molecular weight excluding hydrogens is 464 g/mol. The molecule has 0 aliphatic heterocycles. The number of rotatable bonds is 8. The molecule has 0 heterocycles. The lowest BCUT2D eigenvalue weighted by Gasteiger charge is -2.15. The summed E-state index contributed by atoms with van der Waals surface area (Å²) in [5, 5.41) is 14.9. The number of benzene rings is 3. The Hall–Kier alpha value is -3.49. The molecule has 9 heteroatoms. The zero-order chi connectivity index (χ0) is 23.8. The lowest BCUT2D eigenvalue weighted by atomic mass is 10.1. The van der Waals surface area contributed by atoms with Crippen LogP contribution in [0, 0.1) is 0 Å². The maximum absolute atomic E-state index is 12.4. The third-order valence-electron chi connectivity index (χ3n) is 4.63. The van der Waals surface area contributed by atoms with E-state index in [4.69, 9.17) is 16.3 Å². The molecule has 0 bridgehead atoms. The Morgan fingerprint density at radius 2 is 1.67 bits per heavy atom. The van der Waals surface area contributed by atoms with Crippen LogP contribution in [0.3, 0.4) is 0 Å². The summed E-state index contributed by atoms with van der Waals surface area (Å²) in [4.78, 5) is 37.2. The van der Waals surface area contributed by atoms with E-state index >= 15 is 0 Å². The fourth-order valence-corrected chi connectivity index (χ4v) is 3.57. The van der Waals surface area contributed by atoms with Gasteiger partial charge in [0, 0.05) is 17.0 Å². The van der Waals surface area contributed by atoms with Crippen molar-refractivity contribution in [2.75, 3.05) is 11.6 Å². The predicted octanol–water partition coefficient (Wildman–Crippen LogP) is 5.10. The number of carboxylic acids is 1. The van der Waals surface area contributed by atoms with Gasteiger partial charge in [0.15, 0.2) is 0 Å². The van der Waals surface area contributed by atoms with E-state index in [2.05, 4.69) is 10.6 Å². The first kappa shape index (κ1) is 24.2. The summed E-state index contributed by atoms with van der Waals surface area (Å²) in [5.74, 6) is -1.46. The van der Waals surface area contributed by atoms with Crippen molar-refractivity contribution in [3.63, 3.8) is 0 Å². The van der Waals surface area contributed by atoms with Crippen LogP contribution in [0.25, 0.3) is 0 Å².